The van der Waals surface area contributed by atoms with Crippen LogP contribution in [0.2, 0.25) is 0 Å². The van der Waals surface area contributed by atoms with Gasteiger partial charge in [0.1, 0.15) is 0 Å². The Morgan fingerprint density at radius 3 is 2.30 bits per heavy atom. The van der Waals surface area contributed by atoms with E-state index >= 15 is 0 Å². The quantitative estimate of drug-likeness (QED) is 0.156. The van der Waals surface area contributed by atoms with Crippen LogP contribution >= 0.6 is 0 Å². The topological polar surface area (TPSA) is 0 Å². The fourth-order valence-corrected chi connectivity index (χ4v) is 0.569. The SMILES string of the molecule is [C-]#C[CH-]CCCCC.[Li+].[Li+]. The maximum absolute atomic E-state index is 6.53. The smallest absolute Gasteiger partial charge is 0.729 e. The maximum Gasteiger partial charge on any atom is 1.00 e. The summed E-state index contributed by atoms with van der Waals surface area (Å²) in [6.07, 6.45) is 13.1. The van der Waals surface area contributed by atoms with Crippen molar-refractivity contribution in [2.45, 2.75) is 32.6 Å². The minimum atomic E-state index is 0. The van der Waals surface area contributed by atoms with Crippen LogP contribution in [-0.2, 0) is 0 Å². The molecule has 0 saturated heterocycles. The summed E-state index contributed by atoms with van der Waals surface area (Å²) in [6, 6.07) is 0. The van der Waals surface area contributed by atoms with Crippen molar-refractivity contribution in [3.05, 3.63) is 12.8 Å². The molecule has 0 aromatic carbocycles. The predicted octanol–water partition coefficient (Wildman–Crippen LogP) is -3.63. The molecule has 0 saturated carbocycles. The van der Waals surface area contributed by atoms with Crippen LogP contribution in [0.3, 0.4) is 0 Å². The molecule has 0 fully saturated rings. The summed E-state index contributed by atoms with van der Waals surface area (Å²) in [5.41, 5.74) is 0. The van der Waals surface area contributed by atoms with Crippen LogP contribution in [-0.4, -0.2) is 0 Å². The summed E-state index contributed by atoms with van der Waals surface area (Å²) in [5, 5.41) is 0. The Morgan fingerprint density at radius 2 is 1.90 bits per heavy atom. The van der Waals surface area contributed by atoms with Crippen LogP contribution in [0, 0.1) is 18.8 Å². The number of rotatable bonds is 4. The van der Waals surface area contributed by atoms with Gasteiger partial charge in [-0.25, -0.2) is 0 Å². The molecule has 0 N–H and O–H groups in total. The first-order chi connectivity index (χ1) is 3.91. The summed E-state index contributed by atoms with van der Waals surface area (Å²) in [7, 11) is 0. The predicted molar refractivity (Wildman–Crippen MR) is 35.6 cm³/mol. The van der Waals surface area contributed by atoms with Gasteiger partial charge in [0.25, 0.3) is 0 Å². The Bertz CT molecular complexity index is 73.8. The van der Waals surface area contributed by atoms with Crippen molar-refractivity contribution in [1.82, 2.24) is 0 Å². The zero-order valence-electron chi connectivity index (χ0n) is 7.41. The van der Waals surface area contributed by atoms with Crippen molar-refractivity contribution < 1.29 is 37.7 Å². The molecule has 0 radical (unpaired) electrons. The molecule has 0 unspecified atom stereocenters. The van der Waals surface area contributed by atoms with E-state index in [0.29, 0.717) is 0 Å². The molecule has 0 aliphatic carbocycles. The molecule has 0 bridgehead atoms. The van der Waals surface area contributed by atoms with Crippen LogP contribution in [0.4, 0.5) is 0 Å². The summed E-state index contributed by atoms with van der Waals surface area (Å²) in [4.78, 5) is 0. The van der Waals surface area contributed by atoms with E-state index in [1.807, 2.05) is 0 Å². The first-order valence-electron chi connectivity index (χ1n) is 3.15. The monoisotopic (exact) mass is 122 g/mol. The second kappa shape index (κ2) is 16.3. The molecule has 0 atom stereocenters. The zero-order chi connectivity index (χ0) is 6.24. The summed E-state index contributed by atoms with van der Waals surface area (Å²) in [6.45, 7) is 2.17. The van der Waals surface area contributed by atoms with E-state index in [9.17, 15) is 0 Å². The Hall–Kier alpha value is 0.625. The third-order valence-electron chi connectivity index (χ3n) is 1.05. The maximum atomic E-state index is 6.53. The van der Waals surface area contributed by atoms with E-state index in [-0.39, 0.29) is 37.7 Å². The van der Waals surface area contributed by atoms with Crippen LogP contribution in [0.25, 0.3) is 0 Å². The van der Waals surface area contributed by atoms with Gasteiger partial charge >= 0.3 is 37.7 Å². The van der Waals surface area contributed by atoms with Crippen molar-refractivity contribution in [1.29, 1.82) is 0 Å². The second-order valence-corrected chi connectivity index (χ2v) is 1.84. The van der Waals surface area contributed by atoms with Crippen molar-refractivity contribution in [3.8, 4) is 5.92 Å². The van der Waals surface area contributed by atoms with E-state index in [1.54, 1.807) is 6.42 Å². The standard InChI is InChI=1S/C8H12.2Li/c1-3-5-7-8-6-4-2;;/h6H,3,5,7-8H2,1H3;;/q-2;2*+1. The van der Waals surface area contributed by atoms with Gasteiger partial charge in [-0.1, -0.05) is 26.2 Å². The molecule has 10 heavy (non-hydrogen) atoms. The normalized spacial score (nSPS) is 6.40. The van der Waals surface area contributed by atoms with Crippen molar-refractivity contribution in [2.24, 2.45) is 0 Å². The van der Waals surface area contributed by atoms with Gasteiger partial charge in [-0.2, -0.15) is 6.42 Å². The molecule has 0 rings (SSSR count). The number of hydrogen-bond donors (Lipinski definition) is 0. The fraction of sp³-hybridized carbons (Fsp3) is 0.625. The average Bonchev–Trinajstić information content (AvgIpc) is 1.81. The minimum absolute atomic E-state index is 0. The molecule has 0 aromatic rings. The Kier molecular flexibility index (Phi) is 27.6. The van der Waals surface area contributed by atoms with Gasteiger partial charge < -0.3 is 18.8 Å². The van der Waals surface area contributed by atoms with Gasteiger partial charge in [0, 0.05) is 0 Å². The molecule has 0 heterocycles. The molecule has 0 aliphatic rings. The van der Waals surface area contributed by atoms with Crippen molar-refractivity contribution in [2.75, 3.05) is 0 Å². The molecule has 0 spiro atoms. The molecule has 0 amide bonds. The minimum Gasteiger partial charge on any atom is -0.729 e. The Balaban J connectivity index is -0.000000245. The van der Waals surface area contributed by atoms with Gasteiger partial charge in [-0.05, 0) is 0 Å². The Morgan fingerprint density at radius 1 is 1.30 bits per heavy atom. The number of unbranched alkanes of at least 4 members (excludes halogenated alkanes) is 4. The van der Waals surface area contributed by atoms with E-state index in [1.165, 1.54) is 19.3 Å². The largest absolute Gasteiger partial charge is 1.00 e. The van der Waals surface area contributed by atoms with Gasteiger partial charge in [-0.3, -0.25) is 0 Å². The van der Waals surface area contributed by atoms with Crippen LogP contribution in [0.1, 0.15) is 32.6 Å². The van der Waals surface area contributed by atoms with Crippen LogP contribution < -0.4 is 37.7 Å². The van der Waals surface area contributed by atoms with Crippen molar-refractivity contribution in [3.63, 3.8) is 0 Å². The summed E-state index contributed by atoms with van der Waals surface area (Å²) >= 11 is 0. The first kappa shape index (κ1) is 16.9. The molecule has 0 nitrogen and oxygen atoms in total. The first-order valence-corrected chi connectivity index (χ1v) is 3.15. The fourth-order valence-electron chi connectivity index (χ4n) is 0.569. The second-order valence-electron chi connectivity index (χ2n) is 1.84. The number of hydrogen-bond acceptors (Lipinski definition) is 0. The third kappa shape index (κ3) is 15.8. The Labute approximate surface area is 88.9 Å². The molecule has 2 heteroatoms. The molecule has 46 valence electrons. The van der Waals surface area contributed by atoms with Crippen LogP contribution in [0.5, 0.6) is 0 Å². The summed E-state index contributed by atoms with van der Waals surface area (Å²) in [5.74, 6) is 2.25. The molecule has 0 aromatic heterocycles. The van der Waals surface area contributed by atoms with Gasteiger partial charge in [-0.15, -0.1) is 0 Å². The van der Waals surface area contributed by atoms with Gasteiger partial charge in [0.2, 0.25) is 0 Å². The average molecular weight is 122 g/mol. The third-order valence-corrected chi connectivity index (χ3v) is 1.05. The van der Waals surface area contributed by atoms with Gasteiger partial charge in [0.05, 0.1) is 0 Å². The molecular weight excluding hydrogens is 110 g/mol. The van der Waals surface area contributed by atoms with E-state index in [0.717, 1.165) is 6.42 Å². The molecule has 0 aliphatic heterocycles. The van der Waals surface area contributed by atoms with Crippen LogP contribution in [0.15, 0.2) is 0 Å². The molecular formula is C8H12Li2. The van der Waals surface area contributed by atoms with Crippen molar-refractivity contribution >= 4 is 0 Å². The van der Waals surface area contributed by atoms with E-state index in [4.69, 9.17) is 6.42 Å². The van der Waals surface area contributed by atoms with E-state index in [2.05, 4.69) is 12.8 Å². The van der Waals surface area contributed by atoms with Gasteiger partial charge in [0.15, 0.2) is 0 Å². The summed E-state index contributed by atoms with van der Waals surface area (Å²) < 4.78 is 0. The van der Waals surface area contributed by atoms with E-state index < -0.39 is 0 Å². The zero-order valence-corrected chi connectivity index (χ0v) is 7.41.